The zero-order valence-corrected chi connectivity index (χ0v) is 12.7. The highest BCUT2D eigenvalue weighted by atomic mass is 32.2. The molecule has 2 aromatic carbocycles. The minimum Gasteiger partial charge on any atom is -0.326 e. The number of carbonyl (C=O) groups excluding carboxylic acids is 1. The minimum atomic E-state index is -0.285. The van der Waals surface area contributed by atoms with Crippen molar-refractivity contribution in [3.05, 3.63) is 53.8 Å². The summed E-state index contributed by atoms with van der Waals surface area (Å²) in [7, 11) is 0. The number of nitrogens with one attached hydrogen (secondary N) is 1. The van der Waals surface area contributed by atoms with Crippen molar-refractivity contribution in [1.29, 1.82) is 0 Å². The molecule has 110 valence electrons. The third kappa shape index (κ3) is 4.31. The zero-order chi connectivity index (χ0) is 15.4. The summed E-state index contributed by atoms with van der Waals surface area (Å²) in [5, 5.41) is 2.72. The molecule has 1 atom stereocenters. The van der Waals surface area contributed by atoms with E-state index in [0.717, 1.165) is 21.0 Å². The van der Waals surface area contributed by atoms with Gasteiger partial charge in [0.25, 0.3) is 0 Å². The summed E-state index contributed by atoms with van der Waals surface area (Å²) >= 11 is 1.52. The molecule has 0 aliphatic heterocycles. The van der Waals surface area contributed by atoms with Gasteiger partial charge in [0.15, 0.2) is 0 Å². The molecule has 0 radical (unpaired) electrons. The van der Waals surface area contributed by atoms with Crippen molar-refractivity contribution < 1.29 is 9.18 Å². The van der Waals surface area contributed by atoms with Gasteiger partial charge in [-0.15, -0.1) is 0 Å². The normalized spacial score (nSPS) is 12.0. The first kappa shape index (κ1) is 15.5. The maximum Gasteiger partial charge on any atom is 0.221 e. The number of hydrogen-bond donors (Lipinski definition) is 2. The fraction of sp³-hybridized carbons (Fsp3) is 0.188. The smallest absolute Gasteiger partial charge is 0.221 e. The Morgan fingerprint density at radius 3 is 2.48 bits per heavy atom. The van der Waals surface area contributed by atoms with E-state index in [1.54, 1.807) is 6.07 Å². The van der Waals surface area contributed by atoms with Crippen molar-refractivity contribution in [1.82, 2.24) is 0 Å². The first-order valence-electron chi connectivity index (χ1n) is 6.56. The standard InChI is InChI=1S/C16H17FN2OS/c1-10(18)15-9-12(17)3-8-16(15)21-14-6-4-13(5-7-14)19-11(2)20/h3-10H,18H2,1-2H3,(H,19,20)/t10-/m1/s1. The highest BCUT2D eigenvalue weighted by Gasteiger charge is 2.10. The van der Waals surface area contributed by atoms with Crippen LogP contribution >= 0.6 is 11.8 Å². The number of carbonyl (C=O) groups is 1. The number of nitrogens with two attached hydrogens (primary N) is 1. The highest BCUT2D eigenvalue weighted by molar-refractivity contribution is 7.99. The second kappa shape index (κ2) is 6.74. The molecule has 0 aliphatic carbocycles. The van der Waals surface area contributed by atoms with Crippen LogP contribution in [0.5, 0.6) is 0 Å². The van der Waals surface area contributed by atoms with Gasteiger partial charge in [0.2, 0.25) is 5.91 Å². The lowest BCUT2D eigenvalue weighted by molar-refractivity contribution is -0.114. The van der Waals surface area contributed by atoms with Crippen molar-refractivity contribution in [2.75, 3.05) is 5.32 Å². The Kier molecular flexibility index (Phi) is 4.98. The van der Waals surface area contributed by atoms with E-state index in [4.69, 9.17) is 5.73 Å². The predicted octanol–water partition coefficient (Wildman–Crippen LogP) is 3.96. The molecule has 0 saturated carbocycles. The Hall–Kier alpha value is -1.85. The summed E-state index contributed by atoms with van der Waals surface area (Å²) in [6.07, 6.45) is 0. The first-order chi connectivity index (χ1) is 9.95. The molecule has 0 fully saturated rings. The van der Waals surface area contributed by atoms with Crippen molar-refractivity contribution >= 4 is 23.4 Å². The van der Waals surface area contributed by atoms with E-state index in [1.165, 1.54) is 30.8 Å². The van der Waals surface area contributed by atoms with Crippen LogP contribution in [-0.2, 0) is 4.79 Å². The molecule has 0 heterocycles. The lowest BCUT2D eigenvalue weighted by atomic mass is 10.1. The highest BCUT2D eigenvalue weighted by Crippen LogP contribution is 2.33. The molecule has 3 nitrogen and oxygen atoms in total. The van der Waals surface area contributed by atoms with Gasteiger partial charge in [-0.1, -0.05) is 11.8 Å². The average molecular weight is 304 g/mol. The summed E-state index contributed by atoms with van der Waals surface area (Å²) in [6, 6.07) is 11.9. The first-order valence-corrected chi connectivity index (χ1v) is 7.38. The van der Waals surface area contributed by atoms with E-state index in [9.17, 15) is 9.18 Å². The average Bonchev–Trinajstić information content (AvgIpc) is 2.42. The molecule has 21 heavy (non-hydrogen) atoms. The maximum absolute atomic E-state index is 13.3. The van der Waals surface area contributed by atoms with Crippen LogP contribution in [0.25, 0.3) is 0 Å². The van der Waals surface area contributed by atoms with E-state index in [1.807, 2.05) is 31.2 Å². The van der Waals surface area contributed by atoms with E-state index in [2.05, 4.69) is 5.32 Å². The fourth-order valence-corrected chi connectivity index (χ4v) is 2.93. The maximum atomic E-state index is 13.3. The third-order valence-corrected chi connectivity index (χ3v) is 3.96. The van der Waals surface area contributed by atoms with Crippen molar-refractivity contribution in [3.63, 3.8) is 0 Å². The van der Waals surface area contributed by atoms with Gasteiger partial charge in [0.1, 0.15) is 5.82 Å². The van der Waals surface area contributed by atoms with Crippen molar-refractivity contribution in [3.8, 4) is 0 Å². The second-order valence-corrected chi connectivity index (χ2v) is 5.89. The van der Waals surface area contributed by atoms with Crippen molar-refractivity contribution in [2.45, 2.75) is 29.7 Å². The molecule has 0 aliphatic rings. The van der Waals surface area contributed by atoms with Crippen molar-refractivity contribution in [2.24, 2.45) is 5.73 Å². The van der Waals surface area contributed by atoms with Gasteiger partial charge in [0, 0.05) is 28.4 Å². The molecular formula is C16H17FN2OS. The van der Waals surface area contributed by atoms with Gasteiger partial charge in [0.05, 0.1) is 0 Å². The van der Waals surface area contributed by atoms with Gasteiger partial charge >= 0.3 is 0 Å². The SMILES string of the molecule is CC(=O)Nc1ccc(Sc2ccc(F)cc2[C@@H](C)N)cc1. The van der Waals surface area contributed by atoms with Gasteiger partial charge in [-0.05, 0) is 55.0 Å². The Morgan fingerprint density at radius 2 is 1.90 bits per heavy atom. The predicted molar refractivity (Wildman–Crippen MR) is 83.9 cm³/mol. The molecule has 0 unspecified atom stereocenters. The number of halogens is 1. The minimum absolute atomic E-state index is 0.104. The Labute approximate surface area is 127 Å². The van der Waals surface area contributed by atoms with Crippen LogP contribution in [0.1, 0.15) is 25.5 Å². The molecule has 5 heteroatoms. The van der Waals surface area contributed by atoms with Gasteiger partial charge in [-0.3, -0.25) is 4.79 Å². The summed E-state index contributed by atoms with van der Waals surface area (Å²) in [5.74, 6) is -0.388. The fourth-order valence-electron chi connectivity index (χ4n) is 1.90. The molecule has 0 spiro atoms. The summed E-state index contributed by atoms with van der Waals surface area (Å²) < 4.78 is 13.3. The molecule has 2 aromatic rings. The molecule has 1 amide bonds. The van der Waals surface area contributed by atoms with Crippen LogP contribution in [0.4, 0.5) is 10.1 Å². The van der Waals surface area contributed by atoms with Crippen LogP contribution in [0, 0.1) is 5.82 Å². The largest absolute Gasteiger partial charge is 0.326 e. The third-order valence-electron chi connectivity index (χ3n) is 2.86. The van der Waals surface area contributed by atoms with Crippen LogP contribution in [0.2, 0.25) is 0 Å². The molecule has 2 rings (SSSR count). The van der Waals surface area contributed by atoms with Crippen LogP contribution in [0.3, 0.4) is 0 Å². The van der Waals surface area contributed by atoms with E-state index in [0.29, 0.717) is 0 Å². The van der Waals surface area contributed by atoms with Gasteiger partial charge in [-0.25, -0.2) is 4.39 Å². The quantitative estimate of drug-likeness (QED) is 0.899. The number of benzene rings is 2. The second-order valence-electron chi connectivity index (χ2n) is 4.78. The topological polar surface area (TPSA) is 55.1 Å². The molecular weight excluding hydrogens is 287 g/mol. The molecule has 0 bridgehead atoms. The monoisotopic (exact) mass is 304 g/mol. The Morgan fingerprint density at radius 1 is 1.24 bits per heavy atom. The van der Waals surface area contributed by atoms with Crippen LogP contribution in [-0.4, -0.2) is 5.91 Å². The molecule has 3 N–H and O–H groups in total. The lowest BCUT2D eigenvalue weighted by Crippen LogP contribution is -2.07. The van der Waals surface area contributed by atoms with E-state index >= 15 is 0 Å². The van der Waals surface area contributed by atoms with Crippen LogP contribution in [0.15, 0.2) is 52.3 Å². The number of rotatable bonds is 4. The molecule has 0 aromatic heterocycles. The number of hydrogen-bond acceptors (Lipinski definition) is 3. The number of anilines is 1. The van der Waals surface area contributed by atoms with E-state index in [-0.39, 0.29) is 17.8 Å². The Bertz CT molecular complexity index is 641. The summed E-state index contributed by atoms with van der Waals surface area (Å²) in [6.45, 7) is 3.30. The van der Waals surface area contributed by atoms with Gasteiger partial charge in [-0.2, -0.15) is 0 Å². The van der Waals surface area contributed by atoms with E-state index < -0.39 is 0 Å². The van der Waals surface area contributed by atoms with Crippen LogP contribution < -0.4 is 11.1 Å². The number of amides is 1. The summed E-state index contributed by atoms with van der Waals surface area (Å²) in [5.41, 5.74) is 7.42. The molecule has 0 saturated heterocycles. The summed E-state index contributed by atoms with van der Waals surface area (Å²) in [4.78, 5) is 12.9. The zero-order valence-electron chi connectivity index (χ0n) is 11.9. The Balaban J connectivity index is 2.20. The van der Waals surface area contributed by atoms with Gasteiger partial charge < -0.3 is 11.1 Å². The lowest BCUT2D eigenvalue weighted by Gasteiger charge is -2.12.